The van der Waals surface area contributed by atoms with Gasteiger partial charge in [0.2, 0.25) is 0 Å². The molecule has 1 aliphatic rings. The number of ether oxygens (including phenoxy) is 2. The lowest BCUT2D eigenvalue weighted by atomic mass is 10.2. The molecule has 0 bridgehead atoms. The van der Waals surface area contributed by atoms with E-state index >= 15 is 0 Å². The normalized spacial score (nSPS) is 15.0. The number of thiocarbonyl (C=S) groups is 1. The summed E-state index contributed by atoms with van der Waals surface area (Å²) in [7, 11) is 0. The molecule has 0 aromatic heterocycles. The number of nitrogens with zero attached hydrogens (tertiary/aromatic N) is 1. The van der Waals surface area contributed by atoms with Crippen molar-refractivity contribution in [1.82, 2.24) is 10.4 Å². The van der Waals surface area contributed by atoms with Crippen molar-refractivity contribution in [3.8, 4) is 11.5 Å². The van der Waals surface area contributed by atoms with Crippen LogP contribution in [-0.4, -0.2) is 33.9 Å². The molecule has 0 spiro atoms. The monoisotopic (exact) mass is 520 g/mol. The highest BCUT2D eigenvalue weighted by molar-refractivity contribution is 9.10. The Morgan fingerprint density at radius 2 is 2.00 bits per heavy atom. The van der Waals surface area contributed by atoms with Crippen molar-refractivity contribution >= 4 is 62.1 Å². The van der Waals surface area contributed by atoms with Crippen LogP contribution in [0.25, 0.3) is 6.08 Å². The highest BCUT2D eigenvalue weighted by Crippen LogP contribution is 2.39. The van der Waals surface area contributed by atoms with Crippen LogP contribution in [0.3, 0.4) is 0 Å². The Morgan fingerprint density at radius 3 is 2.65 bits per heavy atom. The molecule has 31 heavy (non-hydrogen) atoms. The van der Waals surface area contributed by atoms with Gasteiger partial charge in [-0.25, -0.2) is 0 Å². The molecule has 0 aliphatic carbocycles. The van der Waals surface area contributed by atoms with E-state index < -0.39 is 11.8 Å². The molecule has 0 saturated carbocycles. The Morgan fingerprint density at radius 1 is 1.29 bits per heavy atom. The zero-order chi connectivity index (χ0) is 22.5. The van der Waals surface area contributed by atoms with Crippen LogP contribution in [0.15, 0.2) is 51.8 Å². The van der Waals surface area contributed by atoms with Gasteiger partial charge in [0.25, 0.3) is 11.8 Å². The number of amides is 2. The minimum Gasteiger partial charge on any atom is -0.490 e. The maximum Gasteiger partial charge on any atom is 0.285 e. The molecule has 162 valence electrons. The van der Waals surface area contributed by atoms with E-state index in [-0.39, 0.29) is 10.4 Å². The Labute approximate surface area is 199 Å². The van der Waals surface area contributed by atoms with Gasteiger partial charge in [-0.15, -0.1) is 0 Å². The minimum absolute atomic E-state index is 0.0224. The summed E-state index contributed by atoms with van der Waals surface area (Å²) in [5, 5.41) is 1.09. The molecule has 0 radical (unpaired) electrons. The van der Waals surface area contributed by atoms with Crippen LogP contribution >= 0.6 is 39.9 Å². The van der Waals surface area contributed by atoms with E-state index in [1.54, 1.807) is 36.4 Å². The third kappa shape index (κ3) is 5.66. The fraction of sp³-hybridized carbons (Fsp3) is 0.227. The Hall–Kier alpha value is -2.36. The molecule has 9 heteroatoms. The summed E-state index contributed by atoms with van der Waals surface area (Å²) in [6.45, 7) is 6.23. The second-order valence-electron chi connectivity index (χ2n) is 6.75. The second-order valence-corrected chi connectivity index (χ2v) is 9.28. The first kappa shape index (κ1) is 23.3. The SMILES string of the molecule is CCOc1cc(/C=C2\SC(=S)N(NC(=O)c3ccccc3)C2=O)cc(Br)c1OC(C)C. The lowest BCUT2D eigenvalue weighted by molar-refractivity contribution is -0.123. The van der Waals surface area contributed by atoms with E-state index in [1.165, 1.54) is 0 Å². The van der Waals surface area contributed by atoms with Gasteiger partial charge in [-0.05, 0) is 84.8 Å². The maximum absolute atomic E-state index is 12.9. The third-order valence-electron chi connectivity index (χ3n) is 4.03. The summed E-state index contributed by atoms with van der Waals surface area (Å²) in [5.74, 6) is 0.381. The lowest BCUT2D eigenvalue weighted by Gasteiger charge is -2.17. The number of nitrogens with one attached hydrogen (secondary N) is 1. The van der Waals surface area contributed by atoms with Crippen LogP contribution in [-0.2, 0) is 4.79 Å². The molecule has 6 nitrogen and oxygen atoms in total. The van der Waals surface area contributed by atoms with Crippen LogP contribution in [0, 0.1) is 0 Å². The van der Waals surface area contributed by atoms with Crippen molar-refractivity contribution < 1.29 is 19.1 Å². The number of carbonyl (C=O) groups is 2. The van der Waals surface area contributed by atoms with Gasteiger partial charge in [0.1, 0.15) is 0 Å². The quantitative estimate of drug-likeness (QED) is 0.400. The van der Waals surface area contributed by atoms with Gasteiger partial charge in [0.15, 0.2) is 15.8 Å². The van der Waals surface area contributed by atoms with E-state index in [0.717, 1.165) is 22.3 Å². The van der Waals surface area contributed by atoms with Gasteiger partial charge in [0, 0.05) is 5.56 Å². The van der Waals surface area contributed by atoms with E-state index in [9.17, 15) is 9.59 Å². The summed E-state index contributed by atoms with van der Waals surface area (Å²) in [4.78, 5) is 25.7. The van der Waals surface area contributed by atoms with Crippen LogP contribution < -0.4 is 14.9 Å². The van der Waals surface area contributed by atoms with Crippen molar-refractivity contribution in [3.63, 3.8) is 0 Å². The molecular weight excluding hydrogens is 500 g/mol. The van der Waals surface area contributed by atoms with Crippen molar-refractivity contribution in [3.05, 3.63) is 63.0 Å². The number of hydrazine groups is 1. The van der Waals surface area contributed by atoms with E-state index in [0.29, 0.717) is 33.0 Å². The zero-order valence-electron chi connectivity index (χ0n) is 17.2. The predicted octanol–water partition coefficient (Wildman–Crippen LogP) is 5.18. The highest BCUT2D eigenvalue weighted by atomic mass is 79.9. The molecule has 1 fully saturated rings. The van der Waals surface area contributed by atoms with Crippen LogP contribution in [0.4, 0.5) is 0 Å². The van der Waals surface area contributed by atoms with Gasteiger partial charge in [-0.3, -0.25) is 15.0 Å². The molecule has 1 N–H and O–H groups in total. The summed E-state index contributed by atoms with van der Waals surface area (Å²) < 4.78 is 12.5. The molecule has 1 saturated heterocycles. The van der Waals surface area contributed by atoms with E-state index in [2.05, 4.69) is 21.4 Å². The van der Waals surface area contributed by atoms with E-state index in [1.807, 2.05) is 32.9 Å². The van der Waals surface area contributed by atoms with Gasteiger partial charge in [0.05, 0.1) is 22.1 Å². The molecule has 0 atom stereocenters. The largest absolute Gasteiger partial charge is 0.490 e. The van der Waals surface area contributed by atoms with E-state index in [4.69, 9.17) is 21.7 Å². The number of carbonyl (C=O) groups excluding carboxylic acids is 2. The zero-order valence-corrected chi connectivity index (χ0v) is 20.4. The molecule has 1 heterocycles. The predicted molar refractivity (Wildman–Crippen MR) is 130 cm³/mol. The van der Waals surface area contributed by atoms with Crippen LogP contribution in [0.1, 0.15) is 36.7 Å². The number of hydrogen-bond acceptors (Lipinski definition) is 6. The Balaban J connectivity index is 1.84. The van der Waals surface area contributed by atoms with Crippen LogP contribution in [0.2, 0.25) is 0 Å². The third-order valence-corrected chi connectivity index (χ3v) is 5.92. The number of halogens is 1. The molecule has 3 rings (SSSR count). The first-order valence-electron chi connectivity index (χ1n) is 9.57. The Kier molecular flexibility index (Phi) is 7.74. The minimum atomic E-state index is -0.408. The number of rotatable bonds is 7. The maximum atomic E-state index is 12.9. The summed E-state index contributed by atoms with van der Waals surface area (Å²) in [6, 6.07) is 12.3. The standard InChI is InChI=1S/C22H21BrN2O4S2/c1-4-28-17-11-14(10-16(23)19(17)29-13(2)3)12-18-21(27)25(22(30)31-18)24-20(26)15-8-6-5-7-9-15/h5-13H,4H2,1-3H3,(H,24,26)/b18-12-. The molecular formula is C22H21BrN2O4S2. The fourth-order valence-electron chi connectivity index (χ4n) is 2.76. The van der Waals surface area contributed by atoms with Gasteiger partial charge in [-0.2, -0.15) is 5.01 Å². The van der Waals surface area contributed by atoms with Crippen molar-refractivity contribution in [2.45, 2.75) is 26.9 Å². The number of hydrogen-bond donors (Lipinski definition) is 1. The second kappa shape index (κ2) is 10.3. The highest BCUT2D eigenvalue weighted by Gasteiger charge is 2.34. The molecule has 2 aromatic carbocycles. The van der Waals surface area contributed by atoms with Crippen molar-refractivity contribution in [2.24, 2.45) is 0 Å². The average molecular weight is 521 g/mol. The molecule has 2 aromatic rings. The van der Waals surface area contributed by atoms with Crippen molar-refractivity contribution in [1.29, 1.82) is 0 Å². The lowest BCUT2D eigenvalue weighted by Crippen LogP contribution is -2.44. The number of thioether (sulfide) groups is 1. The van der Waals surface area contributed by atoms with Crippen molar-refractivity contribution in [2.75, 3.05) is 6.61 Å². The molecule has 2 amide bonds. The molecule has 1 aliphatic heterocycles. The van der Waals surface area contributed by atoms with Gasteiger partial charge in [-0.1, -0.05) is 30.0 Å². The average Bonchev–Trinajstić information content (AvgIpc) is 2.98. The molecule has 0 unspecified atom stereocenters. The topological polar surface area (TPSA) is 67.9 Å². The number of benzene rings is 2. The fourth-order valence-corrected chi connectivity index (χ4v) is 4.49. The first-order chi connectivity index (χ1) is 14.8. The Bertz CT molecular complexity index is 1040. The summed E-state index contributed by atoms with van der Waals surface area (Å²) >= 11 is 9.94. The van der Waals surface area contributed by atoms with Crippen LogP contribution in [0.5, 0.6) is 11.5 Å². The smallest absolute Gasteiger partial charge is 0.285 e. The summed E-state index contributed by atoms with van der Waals surface area (Å²) in [5.41, 5.74) is 3.75. The van der Waals surface area contributed by atoms with Gasteiger partial charge >= 0.3 is 0 Å². The van der Waals surface area contributed by atoms with Gasteiger partial charge < -0.3 is 9.47 Å². The first-order valence-corrected chi connectivity index (χ1v) is 11.6. The summed E-state index contributed by atoms with van der Waals surface area (Å²) in [6.07, 6.45) is 1.69.